The zero-order valence-corrected chi connectivity index (χ0v) is 12.8. The van der Waals surface area contributed by atoms with Gasteiger partial charge in [0.25, 0.3) is 0 Å². The molecule has 1 aliphatic rings. The summed E-state index contributed by atoms with van der Waals surface area (Å²) >= 11 is 0. The van der Waals surface area contributed by atoms with Gasteiger partial charge < -0.3 is 14.8 Å². The van der Waals surface area contributed by atoms with Crippen LogP contribution in [0, 0.1) is 5.92 Å². The molecule has 3 rings (SSSR count). The lowest BCUT2D eigenvalue weighted by atomic mass is 9.92. The Morgan fingerprint density at radius 2 is 2.00 bits per heavy atom. The molecule has 3 nitrogen and oxygen atoms in total. The van der Waals surface area contributed by atoms with Gasteiger partial charge in [-0.05, 0) is 19.2 Å². The average Bonchev–Trinajstić information content (AvgIpc) is 2.57. The second kappa shape index (κ2) is 6.67. The van der Waals surface area contributed by atoms with E-state index in [0.29, 0.717) is 6.61 Å². The van der Waals surface area contributed by atoms with Gasteiger partial charge in [-0.3, -0.25) is 0 Å². The van der Waals surface area contributed by atoms with E-state index in [1.54, 1.807) is 0 Å². The largest absolute Gasteiger partial charge is 0.493 e. The summed E-state index contributed by atoms with van der Waals surface area (Å²) in [6.07, 6.45) is 1.80. The van der Waals surface area contributed by atoms with Crippen LogP contribution in [0.4, 0.5) is 0 Å². The lowest BCUT2D eigenvalue weighted by Crippen LogP contribution is -2.36. The van der Waals surface area contributed by atoms with Crippen LogP contribution < -0.4 is 14.8 Å². The summed E-state index contributed by atoms with van der Waals surface area (Å²) < 4.78 is 12.3. The van der Waals surface area contributed by atoms with E-state index in [0.717, 1.165) is 29.2 Å². The van der Waals surface area contributed by atoms with Gasteiger partial charge in [-0.2, -0.15) is 0 Å². The second-order valence-electron chi connectivity index (χ2n) is 5.45. The molecule has 0 spiro atoms. The van der Waals surface area contributed by atoms with Crippen molar-refractivity contribution in [3.63, 3.8) is 0 Å². The van der Waals surface area contributed by atoms with Crippen LogP contribution in [-0.4, -0.2) is 20.2 Å². The first-order valence-corrected chi connectivity index (χ1v) is 7.58. The molecule has 1 N–H and O–H groups in total. The van der Waals surface area contributed by atoms with Crippen molar-refractivity contribution in [2.75, 3.05) is 20.2 Å². The highest BCUT2D eigenvalue weighted by Gasteiger charge is 2.32. The lowest BCUT2D eigenvalue weighted by Gasteiger charge is -2.34. The Hall–Kier alpha value is -2.26. The number of benzene rings is 2. The molecule has 1 heterocycles. The predicted octanol–water partition coefficient (Wildman–Crippen LogP) is 3.68. The maximum atomic E-state index is 6.38. The van der Waals surface area contributed by atoms with E-state index >= 15 is 0 Å². The fourth-order valence-electron chi connectivity index (χ4n) is 2.87. The minimum Gasteiger partial charge on any atom is -0.493 e. The van der Waals surface area contributed by atoms with Crippen LogP contribution in [0.25, 0.3) is 6.08 Å². The molecular weight excluding hydrogens is 274 g/mol. The SMILES string of the molecule is C=Cc1ccccc1O[C@@H]1c2ccccc2OC[C@@H]1CNC. The van der Waals surface area contributed by atoms with Gasteiger partial charge in [-0.15, -0.1) is 0 Å². The van der Waals surface area contributed by atoms with Crippen LogP contribution in [0.5, 0.6) is 11.5 Å². The maximum Gasteiger partial charge on any atom is 0.135 e. The van der Waals surface area contributed by atoms with Crippen LogP contribution in [0.2, 0.25) is 0 Å². The number of hydrogen-bond acceptors (Lipinski definition) is 3. The van der Waals surface area contributed by atoms with E-state index in [-0.39, 0.29) is 12.0 Å². The van der Waals surface area contributed by atoms with Crippen molar-refractivity contribution in [1.29, 1.82) is 0 Å². The molecule has 0 saturated heterocycles. The number of rotatable bonds is 5. The highest BCUT2D eigenvalue weighted by molar-refractivity contribution is 5.55. The predicted molar refractivity (Wildman–Crippen MR) is 89.3 cm³/mol. The number of ether oxygens (including phenoxy) is 2. The monoisotopic (exact) mass is 295 g/mol. The molecule has 2 atom stereocenters. The molecule has 22 heavy (non-hydrogen) atoms. The molecule has 114 valence electrons. The van der Waals surface area contributed by atoms with Crippen molar-refractivity contribution < 1.29 is 9.47 Å². The number of nitrogens with one attached hydrogen (secondary N) is 1. The number of fused-ring (bicyclic) bond motifs is 1. The Kier molecular flexibility index (Phi) is 4.45. The average molecular weight is 295 g/mol. The molecule has 3 heteroatoms. The van der Waals surface area contributed by atoms with Crippen LogP contribution in [0.3, 0.4) is 0 Å². The molecule has 0 aliphatic carbocycles. The quantitative estimate of drug-likeness (QED) is 0.913. The third-order valence-electron chi connectivity index (χ3n) is 3.97. The molecule has 0 aromatic heterocycles. The Labute approximate surface area is 131 Å². The summed E-state index contributed by atoms with van der Waals surface area (Å²) in [5, 5.41) is 3.23. The van der Waals surface area contributed by atoms with E-state index in [2.05, 4.69) is 18.0 Å². The topological polar surface area (TPSA) is 30.5 Å². The molecule has 0 radical (unpaired) electrons. The maximum absolute atomic E-state index is 6.38. The summed E-state index contributed by atoms with van der Waals surface area (Å²) in [6, 6.07) is 16.1. The van der Waals surface area contributed by atoms with Gasteiger partial charge in [0, 0.05) is 23.6 Å². The minimum absolute atomic E-state index is 0.0292. The molecule has 0 fully saturated rings. The zero-order valence-electron chi connectivity index (χ0n) is 12.8. The first kappa shape index (κ1) is 14.7. The van der Waals surface area contributed by atoms with Crippen LogP contribution in [0.15, 0.2) is 55.1 Å². The van der Waals surface area contributed by atoms with E-state index in [4.69, 9.17) is 9.47 Å². The summed E-state index contributed by atoms with van der Waals surface area (Å²) in [4.78, 5) is 0. The lowest BCUT2D eigenvalue weighted by molar-refractivity contribution is 0.0703. The second-order valence-corrected chi connectivity index (χ2v) is 5.45. The van der Waals surface area contributed by atoms with Gasteiger partial charge in [0.1, 0.15) is 17.6 Å². The van der Waals surface area contributed by atoms with E-state index in [1.165, 1.54) is 0 Å². The van der Waals surface area contributed by atoms with Gasteiger partial charge in [-0.25, -0.2) is 0 Å². The number of para-hydroxylation sites is 2. The zero-order chi connectivity index (χ0) is 15.4. The first-order valence-electron chi connectivity index (χ1n) is 7.58. The normalized spacial score (nSPS) is 19.9. The third kappa shape index (κ3) is 2.85. The summed E-state index contributed by atoms with van der Waals surface area (Å²) in [7, 11) is 1.95. The van der Waals surface area contributed by atoms with Crippen molar-refractivity contribution in [3.8, 4) is 11.5 Å². The fraction of sp³-hybridized carbons (Fsp3) is 0.263. The summed E-state index contributed by atoms with van der Waals surface area (Å²) in [6.45, 7) is 5.36. The minimum atomic E-state index is -0.0292. The number of hydrogen-bond donors (Lipinski definition) is 1. The van der Waals surface area contributed by atoms with Crippen molar-refractivity contribution in [3.05, 3.63) is 66.2 Å². The van der Waals surface area contributed by atoms with Gasteiger partial charge in [0.15, 0.2) is 0 Å². The Morgan fingerprint density at radius 1 is 1.23 bits per heavy atom. The van der Waals surface area contributed by atoms with Gasteiger partial charge in [-0.1, -0.05) is 49.1 Å². The Morgan fingerprint density at radius 3 is 2.82 bits per heavy atom. The van der Waals surface area contributed by atoms with E-state index in [1.807, 2.05) is 55.6 Å². The smallest absolute Gasteiger partial charge is 0.135 e. The molecule has 2 aromatic rings. The highest BCUT2D eigenvalue weighted by atomic mass is 16.5. The van der Waals surface area contributed by atoms with Crippen LogP contribution >= 0.6 is 0 Å². The van der Waals surface area contributed by atoms with E-state index in [9.17, 15) is 0 Å². The molecule has 1 aliphatic heterocycles. The Bertz CT molecular complexity index is 653. The third-order valence-corrected chi connectivity index (χ3v) is 3.97. The Balaban J connectivity index is 1.95. The molecular formula is C19H21NO2. The first-order chi connectivity index (χ1) is 10.8. The van der Waals surface area contributed by atoms with Crippen molar-refractivity contribution >= 4 is 6.08 Å². The van der Waals surface area contributed by atoms with E-state index < -0.39 is 0 Å². The molecule has 0 unspecified atom stereocenters. The summed E-state index contributed by atoms with van der Waals surface area (Å²) in [5.41, 5.74) is 2.11. The molecule has 0 saturated carbocycles. The van der Waals surface area contributed by atoms with Crippen molar-refractivity contribution in [2.24, 2.45) is 5.92 Å². The van der Waals surface area contributed by atoms with Crippen molar-refractivity contribution in [1.82, 2.24) is 5.32 Å². The van der Waals surface area contributed by atoms with Crippen LogP contribution in [-0.2, 0) is 0 Å². The van der Waals surface area contributed by atoms with Gasteiger partial charge >= 0.3 is 0 Å². The fourth-order valence-corrected chi connectivity index (χ4v) is 2.87. The van der Waals surface area contributed by atoms with Crippen LogP contribution in [0.1, 0.15) is 17.2 Å². The highest BCUT2D eigenvalue weighted by Crippen LogP contribution is 2.39. The standard InChI is InChI=1S/C19H21NO2/c1-3-14-8-4-6-10-17(14)22-19-15(12-20-2)13-21-18-11-7-5-9-16(18)19/h3-11,15,19-20H,1,12-13H2,2H3/t15-,19-/m0/s1. The van der Waals surface area contributed by atoms with Gasteiger partial charge in [0.05, 0.1) is 6.61 Å². The molecule has 0 amide bonds. The van der Waals surface area contributed by atoms with Gasteiger partial charge in [0.2, 0.25) is 0 Å². The molecule has 2 aromatic carbocycles. The molecule has 0 bridgehead atoms. The summed E-state index contributed by atoms with van der Waals surface area (Å²) in [5.74, 6) is 2.04. The van der Waals surface area contributed by atoms with Crippen molar-refractivity contribution in [2.45, 2.75) is 6.10 Å².